The fourth-order valence-corrected chi connectivity index (χ4v) is 2.02. The van der Waals surface area contributed by atoms with Gasteiger partial charge in [0.15, 0.2) is 5.78 Å². The van der Waals surface area contributed by atoms with Gasteiger partial charge in [0.05, 0.1) is 12.6 Å². The lowest BCUT2D eigenvalue weighted by Gasteiger charge is -2.24. The molecular weight excluding hydrogens is 236 g/mol. The average molecular weight is 258 g/mol. The van der Waals surface area contributed by atoms with E-state index in [-0.39, 0.29) is 11.8 Å². The molecule has 0 saturated heterocycles. The highest BCUT2D eigenvalue weighted by atomic mass is 16.1. The predicted molar refractivity (Wildman–Crippen MR) is 77.2 cm³/mol. The van der Waals surface area contributed by atoms with Gasteiger partial charge in [0.2, 0.25) is 0 Å². The molecule has 0 N–H and O–H groups in total. The summed E-state index contributed by atoms with van der Waals surface area (Å²) >= 11 is 0. The van der Waals surface area contributed by atoms with Crippen molar-refractivity contribution in [1.29, 1.82) is 5.26 Å². The molecule has 19 heavy (non-hydrogen) atoms. The van der Waals surface area contributed by atoms with Gasteiger partial charge in [0, 0.05) is 24.6 Å². The molecule has 1 aromatic rings. The van der Waals surface area contributed by atoms with Crippen LogP contribution < -0.4 is 0 Å². The van der Waals surface area contributed by atoms with Crippen LogP contribution in [0.5, 0.6) is 0 Å². The van der Waals surface area contributed by atoms with Crippen LogP contribution in [-0.2, 0) is 0 Å². The van der Waals surface area contributed by atoms with E-state index in [2.05, 4.69) is 6.07 Å². The Balaban J connectivity index is 2.82. The van der Waals surface area contributed by atoms with E-state index >= 15 is 0 Å². The van der Waals surface area contributed by atoms with Crippen molar-refractivity contribution in [2.24, 2.45) is 0 Å². The van der Waals surface area contributed by atoms with Crippen LogP contribution >= 0.6 is 0 Å². The highest BCUT2D eigenvalue weighted by Gasteiger charge is 2.16. The second kappa shape index (κ2) is 7.06. The highest BCUT2D eigenvalue weighted by Crippen LogP contribution is 2.13. The Morgan fingerprint density at radius 1 is 1.37 bits per heavy atom. The Kier molecular flexibility index (Phi) is 5.72. The number of nitrogens with zero attached hydrogens (tertiary/aromatic N) is 2. The van der Waals surface area contributed by atoms with E-state index in [1.54, 1.807) is 0 Å². The second-order valence-corrected chi connectivity index (χ2v) is 5.21. The summed E-state index contributed by atoms with van der Waals surface area (Å²) in [6, 6.07) is 8.34. The van der Waals surface area contributed by atoms with E-state index in [1.165, 1.54) is 0 Å². The van der Waals surface area contributed by atoms with Crippen molar-refractivity contribution in [2.75, 3.05) is 13.1 Å². The molecule has 0 bridgehead atoms. The maximum atomic E-state index is 12.4. The van der Waals surface area contributed by atoms with E-state index in [4.69, 9.17) is 5.26 Å². The standard InChI is InChI=1S/C16H22N2O/c1-12(2)18(9-5-8-17)11-16(19)15-10-13(3)6-7-14(15)4/h6-7,10,12H,5,9,11H2,1-4H3. The van der Waals surface area contributed by atoms with Gasteiger partial charge >= 0.3 is 0 Å². The van der Waals surface area contributed by atoms with Crippen LogP contribution in [0.25, 0.3) is 0 Å². The molecule has 0 saturated carbocycles. The number of hydrogen-bond donors (Lipinski definition) is 0. The van der Waals surface area contributed by atoms with Crippen LogP contribution in [0, 0.1) is 25.2 Å². The first kappa shape index (κ1) is 15.4. The van der Waals surface area contributed by atoms with Gasteiger partial charge in [0.1, 0.15) is 0 Å². The monoisotopic (exact) mass is 258 g/mol. The van der Waals surface area contributed by atoms with E-state index in [0.29, 0.717) is 19.5 Å². The summed E-state index contributed by atoms with van der Waals surface area (Å²) in [7, 11) is 0. The molecule has 0 aliphatic carbocycles. The van der Waals surface area contributed by atoms with Crippen LogP contribution in [0.4, 0.5) is 0 Å². The third kappa shape index (κ3) is 4.50. The first-order valence-corrected chi connectivity index (χ1v) is 6.67. The largest absolute Gasteiger partial charge is 0.293 e. The number of nitriles is 1. The van der Waals surface area contributed by atoms with Crippen molar-refractivity contribution >= 4 is 5.78 Å². The fraction of sp³-hybridized carbons (Fsp3) is 0.500. The van der Waals surface area contributed by atoms with Crippen molar-refractivity contribution in [3.8, 4) is 6.07 Å². The average Bonchev–Trinajstić information content (AvgIpc) is 2.36. The molecule has 0 aromatic heterocycles. The number of carbonyl (C=O) groups is 1. The van der Waals surface area contributed by atoms with Gasteiger partial charge in [-0.05, 0) is 39.3 Å². The number of benzene rings is 1. The number of rotatable bonds is 6. The third-order valence-electron chi connectivity index (χ3n) is 3.28. The Bertz CT molecular complexity index is 486. The normalized spacial score (nSPS) is 10.8. The van der Waals surface area contributed by atoms with Gasteiger partial charge in [-0.25, -0.2) is 0 Å². The lowest BCUT2D eigenvalue weighted by molar-refractivity contribution is 0.0907. The van der Waals surface area contributed by atoms with Crippen molar-refractivity contribution in [1.82, 2.24) is 4.90 Å². The van der Waals surface area contributed by atoms with E-state index in [1.807, 2.05) is 50.8 Å². The molecule has 1 rings (SSSR count). The van der Waals surface area contributed by atoms with Gasteiger partial charge in [0.25, 0.3) is 0 Å². The fourth-order valence-electron chi connectivity index (χ4n) is 2.02. The van der Waals surface area contributed by atoms with E-state index in [9.17, 15) is 4.79 Å². The van der Waals surface area contributed by atoms with Gasteiger partial charge < -0.3 is 0 Å². The zero-order valence-corrected chi connectivity index (χ0v) is 12.2. The predicted octanol–water partition coefficient (Wildman–Crippen LogP) is 3.11. The zero-order chi connectivity index (χ0) is 14.4. The Hall–Kier alpha value is -1.66. The maximum Gasteiger partial charge on any atom is 0.177 e. The minimum atomic E-state index is 0.132. The number of hydrogen-bond acceptors (Lipinski definition) is 3. The van der Waals surface area contributed by atoms with Crippen LogP contribution in [-0.4, -0.2) is 29.8 Å². The molecule has 1 aromatic carbocycles. The molecule has 3 nitrogen and oxygen atoms in total. The van der Waals surface area contributed by atoms with Gasteiger partial charge in [-0.15, -0.1) is 0 Å². The summed E-state index contributed by atoms with van der Waals surface area (Å²) in [6.07, 6.45) is 0.457. The summed E-state index contributed by atoms with van der Waals surface area (Å²) in [6.45, 7) is 9.07. The van der Waals surface area contributed by atoms with Crippen LogP contribution in [0.15, 0.2) is 18.2 Å². The first-order chi connectivity index (χ1) is 8.95. The molecule has 3 heteroatoms. The molecule has 0 spiro atoms. The smallest absolute Gasteiger partial charge is 0.177 e. The second-order valence-electron chi connectivity index (χ2n) is 5.21. The van der Waals surface area contributed by atoms with Crippen LogP contribution in [0.2, 0.25) is 0 Å². The maximum absolute atomic E-state index is 12.4. The lowest BCUT2D eigenvalue weighted by atomic mass is 10.0. The molecule has 102 valence electrons. The van der Waals surface area contributed by atoms with E-state index in [0.717, 1.165) is 16.7 Å². The summed E-state index contributed by atoms with van der Waals surface area (Å²) in [5, 5.41) is 8.67. The Morgan fingerprint density at radius 2 is 2.05 bits per heavy atom. The topological polar surface area (TPSA) is 44.1 Å². The molecule has 0 unspecified atom stereocenters. The van der Waals surface area contributed by atoms with Crippen LogP contribution in [0.3, 0.4) is 0 Å². The van der Waals surface area contributed by atoms with Crippen molar-refractivity contribution < 1.29 is 4.79 Å². The molecule has 0 heterocycles. The summed E-state index contributed by atoms with van der Waals surface area (Å²) in [5.41, 5.74) is 2.91. The van der Waals surface area contributed by atoms with Gasteiger partial charge in [-0.1, -0.05) is 17.7 Å². The first-order valence-electron chi connectivity index (χ1n) is 6.67. The lowest BCUT2D eigenvalue weighted by Crippen LogP contribution is -2.36. The molecule has 0 aliphatic rings. The number of aryl methyl sites for hydroxylation is 2. The summed E-state index contributed by atoms with van der Waals surface area (Å²) < 4.78 is 0. The summed E-state index contributed by atoms with van der Waals surface area (Å²) in [4.78, 5) is 14.4. The minimum Gasteiger partial charge on any atom is -0.293 e. The molecule has 0 radical (unpaired) electrons. The Labute approximate surface area is 115 Å². The van der Waals surface area contributed by atoms with Crippen LogP contribution in [0.1, 0.15) is 41.8 Å². The van der Waals surface area contributed by atoms with Crippen molar-refractivity contribution in [2.45, 2.75) is 40.2 Å². The third-order valence-corrected chi connectivity index (χ3v) is 3.28. The number of Topliss-reactive ketones (excluding diaryl/α,β-unsaturated/α-hetero) is 1. The van der Waals surface area contributed by atoms with Crippen molar-refractivity contribution in [3.63, 3.8) is 0 Å². The quantitative estimate of drug-likeness (QED) is 0.736. The molecule has 0 amide bonds. The van der Waals surface area contributed by atoms with E-state index < -0.39 is 0 Å². The molecule has 0 fully saturated rings. The molecular formula is C16H22N2O. The van der Waals surface area contributed by atoms with Crippen molar-refractivity contribution in [3.05, 3.63) is 34.9 Å². The highest BCUT2D eigenvalue weighted by molar-refractivity contribution is 5.99. The van der Waals surface area contributed by atoms with Gasteiger partial charge in [-0.2, -0.15) is 5.26 Å². The SMILES string of the molecule is Cc1ccc(C)c(C(=O)CN(CCC#N)C(C)C)c1. The Morgan fingerprint density at radius 3 is 2.63 bits per heavy atom. The number of carbonyl (C=O) groups excluding carboxylic acids is 1. The molecule has 0 atom stereocenters. The number of ketones is 1. The summed E-state index contributed by atoms with van der Waals surface area (Å²) in [5.74, 6) is 0.132. The zero-order valence-electron chi connectivity index (χ0n) is 12.2. The van der Waals surface area contributed by atoms with Gasteiger partial charge in [-0.3, -0.25) is 9.69 Å². The molecule has 0 aliphatic heterocycles. The minimum absolute atomic E-state index is 0.132.